The summed E-state index contributed by atoms with van der Waals surface area (Å²) in [4.78, 5) is 11.9. The van der Waals surface area contributed by atoms with Crippen LogP contribution in [0.15, 0.2) is 38.1 Å². The molecule has 88 valence electrons. The van der Waals surface area contributed by atoms with Gasteiger partial charge in [0, 0.05) is 6.07 Å². The molecule has 0 radical (unpaired) electrons. The molecule has 0 saturated carbocycles. The summed E-state index contributed by atoms with van der Waals surface area (Å²) in [5.74, 6) is -0.600. The fourth-order valence-electron chi connectivity index (χ4n) is 1.21. The summed E-state index contributed by atoms with van der Waals surface area (Å²) >= 11 is 11.8. The molecule has 0 bridgehead atoms. The highest BCUT2D eigenvalue weighted by molar-refractivity contribution is 9.13. The Bertz CT molecular complexity index is 645. The Labute approximate surface area is 117 Å². The van der Waals surface area contributed by atoms with Gasteiger partial charge in [-0.15, -0.1) is 0 Å². The van der Waals surface area contributed by atoms with Gasteiger partial charge in [0.1, 0.15) is 10.3 Å². The van der Waals surface area contributed by atoms with E-state index in [0.29, 0.717) is 14.6 Å². The van der Waals surface area contributed by atoms with Crippen LogP contribution in [-0.4, -0.2) is 9.78 Å². The molecule has 0 aliphatic carbocycles. The van der Waals surface area contributed by atoms with Crippen LogP contribution in [0.2, 0.25) is 5.02 Å². The van der Waals surface area contributed by atoms with Gasteiger partial charge in [-0.05, 0) is 44.0 Å². The maximum Gasteiger partial charge on any atom is 0.286 e. The normalized spacial score (nSPS) is 10.6. The van der Waals surface area contributed by atoms with E-state index in [1.807, 2.05) is 0 Å². The molecule has 0 aliphatic heterocycles. The number of aromatic nitrogens is 2. The smallest absolute Gasteiger partial charge is 0.266 e. The number of benzene rings is 1. The molecule has 1 heterocycles. The second kappa shape index (κ2) is 4.88. The van der Waals surface area contributed by atoms with E-state index in [9.17, 15) is 9.18 Å². The predicted octanol–water partition coefficient (Wildman–Crippen LogP) is 3.55. The predicted molar refractivity (Wildman–Crippen MR) is 70.2 cm³/mol. The molecule has 1 aromatic carbocycles. The van der Waals surface area contributed by atoms with E-state index >= 15 is 0 Å². The van der Waals surface area contributed by atoms with Crippen molar-refractivity contribution >= 4 is 43.5 Å². The highest BCUT2D eigenvalue weighted by Gasteiger charge is 2.09. The Hall–Kier alpha value is -0.720. The van der Waals surface area contributed by atoms with Crippen molar-refractivity contribution in [1.82, 2.24) is 9.78 Å². The SMILES string of the molecule is O=c1c(Br)c(Br)cnn1-c1ccc(Cl)c(F)c1. The van der Waals surface area contributed by atoms with E-state index in [0.717, 1.165) is 10.7 Å². The van der Waals surface area contributed by atoms with Gasteiger partial charge in [-0.25, -0.2) is 4.39 Å². The van der Waals surface area contributed by atoms with Crippen LogP contribution in [0.25, 0.3) is 5.69 Å². The highest BCUT2D eigenvalue weighted by Crippen LogP contribution is 2.20. The van der Waals surface area contributed by atoms with Crippen LogP contribution >= 0.6 is 43.5 Å². The number of hydrogen-bond acceptors (Lipinski definition) is 2. The average molecular weight is 382 g/mol. The van der Waals surface area contributed by atoms with Gasteiger partial charge in [-0.3, -0.25) is 4.79 Å². The van der Waals surface area contributed by atoms with Crippen LogP contribution in [0.5, 0.6) is 0 Å². The first kappa shape index (κ1) is 12.7. The van der Waals surface area contributed by atoms with Crippen molar-refractivity contribution in [1.29, 1.82) is 0 Å². The molecule has 0 N–H and O–H groups in total. The van der Waals surface area contributed by atoms with Crippen molar-refractivity contribution in [2.45, 2.75) is 0 Å². The van der Waals surface area contributed by atoms with E-state index in [4.69, 9.17) is 11.6 Å². The van der Waals surface area contributed by atoms with Gasteiger partial charge < -0.3 is 0 Å². The van der Waals surface area contributed by atoms with E-state index < -0.39 is 5.82 Å². The molecular weight excluding hydrogens is 378 g/mol. The van der Waals surface area contributed by atoms with Gasteiger partial charge >= 0.3 is 0 Å². The summed E-state index contributed by atoms with van der Waals surface area (Å²) < 4.78 is 15.2. The number of rotatable bonds is 1. The lowest BCUT2D eigenvalue weighted by atomic mass is 10.3. The van der Waals surface area contributed by atoms with Crippen molar-refractivity contribution in [3.8, 4) is 5.69 Å². The van der Waals surface area contributed by atoms with Gasteiger partial charge in [0.2, 0.25) is 0 Å². The largest absolute Gasteiger partial charge is 0.286 e. The molecule has 0 saturated heterocycles. The third-order valence-corrected chi connectivity index (χ3v) is 4.23. The van der Waals surface area contributed by atoms with Crippen molar-refractivity contribution in [2.75, 3.05) is 0 Å². The summed E-state index contributed by atoms with van der Waals surface area (Å²) in [6.45, 7) is 0. The lowest BCUT2D eigenvalue weighted by Crippen LogP contribution is -2.21. The van der Waals surface area contributed by atoms with E-state index in [-0.39, 0.29) is 10.6 Å². The van der Waals surface area contributed by atoms with Gasteiger partial charge in [0.25, 0.3) is 5.56 Å². The summed E-state index contributed by atoms with van der Waals surface area (Å²) in [6, 6.07) is 4.04. The van der Waals surface area contributed by atoms with E-state index in [1.165, 1.54) is 18.3 Å². The Kier molecular flexibility index (Phi) is 3.65. The zero-order valence-corrected chi connectivity index (χ0v) is 12.1. The fraction of sp³-hybridized carbons (Fsp3) is 0. The second-order valence-corrected chi connectivity index (χ2v) is 5.18. The Morgan fingerprint density at radius 1 is 1.35 bits per heavy atom. The van der Waals surface area contributed by atoms with Crippen LogP contribution in [0.3, 0.4) is 0 Å². The summed E-state index contributed by atoms with van der Waals surface area (Å²) in [6.07, 6.45) is 1.44. The van der Waals surface area contributed by atoms with Gasteiger partial charge in [-0.2, -0.15) is 9.78 Å². The lowest BCUT2D eigenvalue weighted by Gasteiger charge is -2.06. The van der Waals surface area contributed by atoms with Crippen LogP contribution in [0.4, 0.5) is 4.39 Å². The van der Waals surface area contributed by atoms with Gasteiger partial charge in [0.15, 0.2) is 0 Å². The molecule has 0 unspecified atom stereocenters. The molecule has 0 fully saturated rings. The van der Waals surface area contributed by atoms with E-state index in [2.05, 4.69) is 37.0 Å². The van der Waals surface area contributed by atoms with Crippen molar-refractivity contribution in [3.05, 3.63) is 54.5 Å². The fourth-order valence-corrected chi connectivity index (χ4v) is 1.86. The minimum Gasteiger partial charge on any atom is -0.266 e. The zero-order chi connectivity index (χ0) is 12.6. The number of hydrogen-bond donors (Lipinski definition) is 0. The standard InChI is InChI=1S/C10H4Br2ClFN2O/c11-6-4-15-16(10(17)9(6)12)5-1-2-7(13)8(14)3-5/h1-4H. The van der Waals surface area contributed by atoms with E-state index in [1.54, 1.807) is 0 Å². The molecule has 17 heavy (non-hydrogen) atoms. The molecular formula is C10H4Br2ClFN2O. The molecule has 0 spiro atoms. The van der Waals surface area contributed by atoms with Crippen molar-refractivity contribution < 1.29 is 4.39 Å². The van der Waals surface area contributed by atoms with Crippen LogP contribution < -0.4 is 5.56 Å². The van der Waals surface area contributed by atoms with Crippen LogP contribution in [0, 0.1) is 5.82 Å². The first-order chi connectivity index (χ1) is 8.00. The highest BCUT2D eigenvalue weighted by atomic mass is 79.9. The van der Waals surface area contributed by atoms with Crippen LogP contribution in [0.1, 0.15) is 0 Å². The molecule has 0 amide bonds. The van der Waals surface area contributed by atoms with Gasteiger partial charge in [-0.1, -0.05) is 11.6 Å². The minimum atomic E-state index is -0.600. The summed E-state index contributed by atoms with van der Waals surface area (Å²) in [5.41, 5.74) is -0.0776. The van der Waals surface area contributed by atoms with Gasteiger partial charge in [0.05, 0.1) is 21.4 Å². The number of halogens is 4. The molecule has 1 aromatic heterocycles. The third kappa shape index (κ3) is 2.43. The lowest BCUT2D eigenvalue weighted by molar-refractivity contribution is 0.624. The second-order valence-electron chi connectivity index (χ2n) is 3.12. The summed E-state index contributed by atoms with van der Waals surface area (Å²) in [7, 11) is 0. The third-order valence-electron chi connectivity index (χ3n) is 2.02. The Morgan fingerprint density at radius 2 is 2.06 bits per heavy atom. The van der Waals surface area contributed by atoms with Crippen LogP contribution in [-0.2, 0) is 0 Å². The first-order valence-electron chi connectivity index (χ1n) is 4.39. The Morgan fingerprint density at radius 3 is 2.71 bits per heavy atom. The molecule has 0 aliphatic rings. The zero-order valence-electron chi connectivity index (χ0n) is 8.12. The maximum atomic E-state index is 13.3. The van der Waals surface area contributed by atoms with Crippen molar-refractivity contribution in [3.63, 3.8) is 0 Å². The molecule has 2 rings (SSSR count). The maximum absolute atomic E-state index is 13.3. The molecule has 2 aromatic rings. The average Bonchev–Trinajstić information content (AvgIpc) is 2.30. The molecule has 0 atom stereocenters. The number of nitrogens with zero attached hydrogens (tertiary/aromatic N) is 2. The first-order valence-corrected chi connectivity index (χ1v) is 6.36. The monoisotopic (exact) mass is 380 g/mol. The molecule has 7 heteroatoms. The minimum absolute atomic E-state index is 0.00187. The van der Waals surface area contributed by atoms with Crippen molar-refractivity contribution in [2.24, 2.45) is 0 Å². The Balaban J connectivity index is 2.65. The molecule has 3 nitrogen and oxygen atoms in total. The quantitative estimate of drug-likeness (QED) is 0.756. The topological polar surface area (TPSA) is 34.9 Å². The summed E-state index contributed by atoms with van der Waals surface area (Å²) in [5, 5.41) is 3.90.